The highest BCUT2D eigenvalue weighted by atomic mass is 79.9. The Morgan fingerprint density at radius 3 is 2.79 bits per heavy atom. The third kappa shape index (κ3) is 3.87. The molecule has 0 aliphatic heterocycles. The fraction of sp³-hybridized carbons (Fsp3) is 0.600. The first-order valence-electron chi connectivity index (χ1n) is 6.73. The summed E-state index contributed by atoms with van der Waals surface area (Å²) in [6, 6.07) is 5.98. The molecule has 0 radical (unpaired) electrons. The van der Waals surface area contributed by atoms with Gasteiger partial charge in [0, 0.05) is 16.6 Å². The second kappa shape index (κ2) is 6.96. The predicted octanol–water partition coefficient (Wildman–Crippen LogP) is 4.94. The molecule has 0 saturated heterocycles. The quantitative estimate of drug-likeness (QED) is 0.678. The first-order chi connectivity index (χ1) is 9.13. The van der Waals surface area contributed by atoms with Gasteiger partial charge in [-0.25, -0.2) is 0 Å². The summed E-state index contributed by atoms with van der Waals surface area (Å²) in [6.07, 6.45) is 3.70. The Hall–Kier alpha value is -0.250. The first kappa shape index (κ1) is 15.1. The monoisotopic (exact) mass is 346 g/mol. The van der Waals surface area contributed by atoms with Crippen LogP contribution in [-0.4, -0.2) is 19.8 Å². The molecular weight excluding hydrogens is 328 g/mol. The van der Waals surface area contributed by atoms with Crippen molar-refractivity contribution in [1.82, 2.24) is 0 Å². The Bertz CT molecular complexity index is 419. The molecule has 106 valence electrons. The van der Waals surface area contributed by atoms with Crippen LogP contribution in [0.15, 0.2) is 22.7 Å². The van der Waals surface area contributed by atoms with Gasteiger partial charge >= 0.3 is 0 Å². The number of ether oxygens (including phenoxy) is 2. The molecule has 1 fully saturated rings. The number of alkyl halides is 1. The van der Waals surface area contributed by atoms with E-state index in [0.717, 1.165) is 41.7 Å². The van der Waals surface area contributed by atoms with E-state index in [1.54, 1.807) is 7.11 Å². The number of rotatable bonds is 6. The minimum Gasteiger partial charge on any atom is -0.496 e. The molecule has 0 amide bonds. The lowest BCUT2D eigenvalue weighted by Crippen LogP contribution is -2.31. The molecule has 0 aromatic heterocycles. The highest BCUT2D eigenvalue weighted by Gasteiger charge is 2.31. The molecule has 1 atom stereocenters. The molecule has 2 rings (SSSR count). The van der Waals surface area contributed by atoms with Gasteiger partial charge in [0.05, 0.1) is 18.6 Å². The molecule has 0 N–H and O–H groups in total. The lowest BCUT2D eigenvalue weighted by atomic mass is 9.78. The van der Waals surface area contributed by atoms with E-state index in [4.69, 9.17) is 21.1 Å². The van der Waals surface area contributed by atoms with E-state index in [-0.39, 0.29) is 5.38 Å². The molecule has 1 aliphatic rings. The maximum absolute atomic E-state index is 6.55. The van der Waals surface area contributed by atoms with Crippen molar-refractivity contribution in [2.24, 2.45) is 5.92 Å². The summed E-state index contributed by atoms with van der Waals surface area (Å²) >= 11 is 10.0. The van der Waals surface area contributed by atoms with Gasteiger partial charge in [-0.15, -0.1) is 11.6 Å². The lowest BCUT2D eigenvalue weighted by molar-refractivity contribution is -0.0267. The zero-order valence-electron chi connectivity index (χ0n) is 11.4. The van der Waals surface area contributed by atoms with E-state index in [2.05, 4.69) is 22.0 Å². The van der Waals surface area contributed by atoms with Gasteiger partial charge in [0.15, 0.2) is 0 Å². The fourth-order valence-corrected chi connectivity index (χ4v) is 3.41. The topological polar surface area (TPSA) is 18.5 Å². The molecule has 0 spiro atoms. The minimum absolute atomic E-state index is 0.0000246. The van der Waals surface area contributed by atoms with Crippen LogP contribution < -0.4 is 4.74 Å². The molecular formula is C15H20BrClO2. The Labute approximate surface area is 128 Å². The van der Waals surface area contributed by atoms with Crippen molar-refractivity contribution < 1.29 is 9.47 Å². The fourth-order valence-electron chi connectivity index (χ4n) is 2.61. The number of halogens is 2. The molecule has 1 unspecified atom stereocenters. The average molecular weight is 348 g/mol. The average Bonchev–Trinajstić information content (AvgIpc) is 2.36. The molecule has 1 aromatic carbocycles. The van der Waals surface area contributed by atoms with E-state index in [1.165, 1.54) is 0 Å². The van der Waals surface area contributed by atoms with Crippen molar-refractivity contribution in [3.05, 3.63) is 28.2 Å². The summed E-state index contributed by atoms with van der Waals surface area (Å²) in [6.45, 7) is 2.85. The lowest BCUT2D eigenvalue weighted by Gasteiger charge is -2.36. The summed E-state index contributed by atoms with van der Waals surface area (Å²) in [5.41, 5.74) is 1.07. The Morgan fingerprint density at radius 1 is 1.42 bits per heavy atom. The van der Waals surface area contributed by atoms with Crippen LogP contribution in [0, 0.1) is 5.92 Å². The second-order valence-corrected chi connectivity index (χ2v) is 6.45. The van der Waals surface area contributed by atoms with Crippen LogP contribution in [0.3, 0.4) is 0 Å². The molecule has 1 aliphatic carbocycles. The Morgan fingerprint density at radius 2 is 2.16 bits per heavy atom. The molecule has 2 nitrogen and oxygen atoms in total. The van der Waals surface area contributed by atoms with E-state index >= 15 is 0 Å². The van der Waals surface area contributed by atoms with Crippen LogP contribution in [-0.2, 0) is 4.74 Å². The van der Waals surface area contributed by atoms with Gasteiger partial charge in [-0.05, 0) is 50.3 Å². The minimum atomic E-state index is 0.0000246. The van der Waals surface area contributed by atoms with Crippen molar-refractivity contribution in [3.63, 3.8) is 0 Å². The van der Waals surface area contributed by atoms with Crippen LogP contribution in [0.5, 0.6) is 5.75 Å². The maximum Gasteiger partial charge on any atom is 0.123 e. The van der Waals surface area contributed by atoms with Crippen molar-refractivity contribution >= 4 is 27.5 Å². The van der Waals surface area contributed by atoms with Crippen molar-refractivity contribution in [2.75, 3.05) is 13.7 Å². The second-order valence-electron chi connectivity index (χ2n) is 5.00. The predicted molar refractivity (Wildman–Crippen MR) is 82.0 cm³/mol. The van der Waals surface area contributed by atoms with Gasteiger partial charge in [0.1, 0.15) is 5.75 Å². The van der Waals surface area contributed by atoms with Gasteiger partial charge in [-0.3, -0.25) is 0 Å². The summed E-state index contributed by atoms with van der Waals surface area (Å²) in [5, 5.41) is 0.0000246. The number of hydrogen-bond acceptors (Lipinski definition) is 2. The van der Waals surface area contributed by atoms with E-state index in [0.29, 0.717) is 12.0 Å². The summed E-state index contributed by atoms with van der Waals surface area (Å²) in [5.74, 6) is 1.53. The highest BCUT2D eigenvalue weighted by molar-refractivity contribution is 9.10. The van der Waals surface area contributed by atoms with Crippen LogP contribution in [0.4, 0.5) is 0 Å². The zero-order valence-corrected chi connectivity index (χ0v) is 13.7. The third-order valence-corrected chi connectivity index (χ3v) is 4.57. The molecule has 1 aromatic rings. The molecule has 0 heterocycles. The van der Waals surface area contributed by atoms with Gasteiger partial charge in [0.25, 0.3) is 0 Å². The molecule has 4 heteroatoms. The number of hydrogen-bond donors (Lipinski definition) is 0. The van der Waals surface area contributed by atoms with Crippen LogP contribution >= 0.6 is 27.5 Å². The van der Waals surface area contributed by atoms with Crippen molar-refractivity contribution in [2.45, 2.75) is 37.7 Å². The SMILES string of the molecule is CCOC1CC(CC(Cl)c2cc(Br)ccc2OC)C1. The third-order valence-electron chi connectivity index (χ3n) is 3.66. The van der Waals surface area contributed by atoms with Gasteiger partial charge in [-0.1, -0.05) is 15.9 Å². The zero-order chi connectivity index (χ0) is 13.8. The van der Waals surface area contributed by atoms with Gasteiger partial charge < -0.3 is 9.47 Å². The summed E-state index contributed by atoms with van der Waals surface area (Å²) < 4.78 is 12.0. The highest BCUT2D eigenvalue weighted by Crippen LogP contribution is 2.42. The largest absolute Gasteiger partial charge is 0.496 e. The van der Waals surface area contributed by atoms with Gasteiger partial charge in [0.2, 0.25) is 0 Å². The van der Waals surface area contributed by atoms with Crippen molar-refractivity contribution in [3.8, 4) is 5.75 Å². The summed E-state index contributed by atoms with van der Waals surface area (Å²) in [4.78, 5) is 0. The molecule has 1 saturated carbocycles. The maximum atomic E-state index is 6.55. The van der Waals surface area contributed by atoms with E-state index in [1.807, 2.05) is 19.1 Å². The smallest absolute Gasteiger partial charge is 0.123 e. The Balaban J connectivity index is 1.93. The first-order valence-corrected chi connectivity index (χ1v) is 7.96. The molecule has 19 heavy (non-hydrogen) atoms. The van der Waals surface area contributed by atoms with Crippen molar-refractivity contribution in [1.29, 1.82) is 0 Å². The van der Waals surface area contributed by atoms with Gasteiger partial charge in [-0.2, -0.15) is 0 Å². The van der Waals surface area contributed by atoms with E-state index in [9.17, 15) is 0 Å². The van der Waals surface area contributed by atoms with Crippen LogP contribution in [0.1, 0.15) is 37.1 Å². The number of benzene rings is 1. The number of methoxy groups -OCH3 is 1. The molecule has 0 bridgehead atoms. The Kier molecular flexibility index (Phi) is 5.55. The van der Waals surface area contributed by atoms with E-state index < -0.39 is 0 Å². The summed E-state index contributed by atoms with van der Waals surface area (Å²) in [7, 11) is 1.69. The van der Waals surface area contributed by atoms with Crippen LogP contribution in [0.2, 0.25) is 0 Å². The van der Waals surface area contributed by atoms with Crippen LogP contribution in [0.25, 0.3) is 0 Å². The normalized spacial score (nSPS) is 23.8. The standard InChI is InChI=1S/C15H20BrClO2/c1-3-19-12-6-10(7-12)8-14(17)13-9-11(16)4-5-15(13)18-2/h4-5,9-10,12,14H,3,6-8H2,1-2H3.